The minimum Gasteiger partial charge on any atom is -0.492 e. The molecule has 19 nitrogen and oxygen atoms in total. The lowest BCUT2D eigenvalue weighted by molar-refractivity contribution is -0.267. The molecule has 1 aromatic rings. The second-order valence-corrected chi connectivity index (χ2v) is 17.4. The highest BCUT2D eigenvalue weighted by Gasteiger charge is 2.50. The molecule has 60 heavy (non-hydrogen) atoms. The Kier molecular flexibility index (Phi) is 19.4. The molecule has 3 aliphatic heterocycles. The van der Waals surface area contributed by atoms with E-state index in [1.54, 1.807) is 39.7 Å². The summed E-state index contributed by atoms with van der Waals surface area (Å²) < 4.78 is 46.7. The second kappa shape index (κ2) is 22.8. The standard InChI is InChI=1S/C39H64IN3O16S/c1-11-21(45)32(52-8)31(48)38(49)58-34-28(40)16(3)26(33(53-9)35(34)54-10)39(50)60-36-18(5)56-25(13-22(36)46)59-42-29-17(4)57-37(41)27(30(29)47)24-14-23(51-7)20(15-55-24)43(12-2)19(6)44/h17-18,20-25,27,29-32,36-38,42,45-49H,11-15,41H2,1-10H3. The number of aliphatic hydroxyl groups is 5. The zero-order valence-electron chi connectivity index (χ0n) is 35.8. The van der Waals surface area contributed by atoms with E-state index >= 15 is 0 Å². The summed E-state index contributed by atoms with van der Waals surface area (Å²) in [4.78, 5) is 34.0. The van der Waals surface area contributed by atoms with Crippen LogP contribution in [0.3, 0.4) is 0 Å². The summed E-state index contributed by atoms with van der Waals surface area (Å²) in [6.07, 6.45) is -11.4. The number of hydrogen-bond donors (Lipinski definition) is 7. The van der Waals surface area contributed by atoms with E-state index in [0.29, 0.717) is 22.1 Å². The van der Waals surface area contributed by atoms with Gasteiger partial charge in [0.2, 0.25) is 23.1 Å². The van der Waals surface area contributed by atoms with Gasteiger partial charge in [0.15, 0.2) is 17.8 Å². The van der Waals surface area contributed by atoms with Crippen molar-refractivity contribution in [3.05, 3.63) is 14.7 Å². The Labute approximate surface area is 369 Å². The fourth-order valence-electron chi connectivity index (χ4n) is 8.23. The van der Waals surface area contributed by atoms with E-state index < -0.39 is 90.0 Å². The summed E-state index contributed by atoms with van der Waals surface area (Å²) in [5.74, 6) is -0.807. The number of nitrogens with one attached hydrogen (secondary N) is 1. The molecule has 3 fully saturated rings. The van der Waals surface area contributed by atoms with Crippen LogP contribution >= 0.6 is 34.4 Å². The third-order valence-electron chi connectivity index (χ3n) is 11.6. The van der Waals surface area contributed by atoms with Crippen LogP contribution in [0.4, 0.5) is 0 Å². The monoisotopic (exact) mass is 989 g/mol. The van der Waals surface area contributed by atoms with Crippen LogP contribution < -0.4 is 25.4 Å². The lowest BCUT2D eigenvalue weighted by atomic mass is 9.81. The van der Waals surface area contributed by atoms with Crippen molar-refractivity contribution >= 4 is 45.4 Å². The third kappa shape index (κ3) is 11.2. The van der Waals surface area contributed by atoms with E-state index in [2.05, 4.69) is 5.48 Å². The number of benzene rings is 1. The number of amides is 1. The Balaban J connectivity index is 1.43. The van der Waals surface area contributed by atoms with Gasteiger partial charge >= 0.3 is 0 Å². The Morgan fingerprint density at radius 1 is 1.02 bits per heavy atom. The number of methoxy groups -OCH3 is 4. The summed E-state index contributed by atoms with van der Waals surface area (Å²) in [7, 11) is 5.53. The van der Waals surface area contributed by atoms with Gasteiger partial charge in [-0.2, -0.15) is 5.48 Å². The molecule has 3 heterocycles. The topological polar surface area (TPSA) is 260 Å². The van der Waals surface area contributed by atoms with Gasteiger partial charge in [0, 0.05) is 40.5 Å². The van der Waals surface area contributed by atoms with Gasteiger partial charge in [-0.1, -0.05) is 18.7 Å². The predicted molar refractivity (Wildman–Crippen MR) is 225 cm³/mol. The molecule has 4 rings (SSSR count). The number of thioether (sulfide) groups is 1. The first-order valence-corrected chi connectivity index (χ1v) is 22.0. The van der Waals surface area contributed by atoms with Crippen LogP contribution in [-0.2, 0) is 33.3 Å². The van der Waals surface area contributed by atoms with E-state index in [-0.39, 0.29) is 60.3 Å². The highest BCUT2D eigenvalue weighted by Crippen LogP contribution is 2.48. The highest BCUT2D eigenvalue weighted by atomic mass is 127. The van der Waals surface area contributed by atoms with E-state index in [9.17, 15) is 35.1 Å². The Bertz CT molecular complexity index is 1570. The van der Waals surface area contributed by atoms with Gasteiger partial charge in [-0.25, -0.2) is 0 Å². The molecule has 1 aromatic carbocycles. The van der Waals surface area contributed by atoms with Crippen LogP contribution in [0.1, 0.15) is 69.8 Å². The Morgan fingerprint density at radius 2 is 1.68 bits per heavy atom. The van der Waals surface area contributed by atoms with Crippen molar-refractivity contribution in [1.29, 1.82) is 0 Å². The van der Waals surface area contributed by atoms with Crippen LogP contribution in [0.5, 0.6) is 17.2 Å². The number of nitrogens with two attached hydrogens (primary N) is 1. The van der Waals surface area contributed by atoms with Gasteiger partial charge in [-0.15, -0.1) is 0 Å². The molecule has 0 radical (unpaired) electrons. The molecule has 344 valence electrons. The van der Waals surface area contributed by atoms with Crippen LogP contribution in [0.2, 0.25) is 0 Å². The first-order chi connectivity index (χ1) is 28.4. The van der Waals surface area contributed by atoms with Crippen molar-refractivity contribution in [3.63, 3.8) is 0 Å². The summed E-state index contributed by atoms with van der Waals surface area (Å²) in [6.45, 7) is 10.9. The maximum atomic E-state index is 14.1. The largest absolute Gasteiger partial charge is 0.492 e. The molecule has 8 N–H and O–H groups in total. The molecular formula is C39H64IN3O16S. The number of ether oxygens (including phenoxy) is 8. The van der Waals surface area contributed by atoms with Crippen LogP contribution in [0.15, 0.2) is 0 Å². The number of hydrogen-bond acceptors (Lipinski definition) is 19. The molecule has 16 atom stereocenters. The van der Waals surface area contributed by atoms with Crippen LogP contribution in [0, 0.1) is 16.4 Å². The van der Waals surface area contributed by atoms with E-state index in [1.807, 2.05) is 29.5 Å². The van der Waals surface area contributed by atoms with Crippen molar-refractivity contribution < 1.29 is 77.9 Å². The first-order valence-electron chi connectivity index (χ1n) is 20.0. The lowest BCUT2D eigenvalue weighted by Crippen LogP contribution is -2.66. The summed E-state index contributed by atoms with van der Waals surface area (Å²) in [6, 6.07) is -1.08. The average Bonchev–Trinajstić information content (AvgIpc) is 3.20. The molecule has 1 amide bonds. The quantitative estimate of drug-likeness (QED) is 0.0610. The van der Waals surface area contributed by atoms with Crippen molar-refractivity contribution in [2.75, 3.05) is 41.6 Å². The van der Waals surface area contributed by atoms with Crippen molar-refractivity contribution in [2.45, 2.75) is 152 Å². The minimum absolute atomic E-state index is 0.00125. The first kappa shape index (κ1) is 51.0. The Morgan fingerprint density at radius 3 is 2.23 bits per heavy atom. The van der Waals surface area contributed by atoms with Crippen molar-refractivity contribution in [3.8, 4) is 17.2 Å². The molecular weight excluding hydrogens is 925 g/mol. The van der Waals surface area contributed by atoms with Gasteiger partial charge in [0.1, 0.15) is 18.4 Å². The van der Waals surface area contributed by atoms with Gasteiger partial charge in [0.05, 0.1) is 95.9 Å². The summed E-state index contributed by atoms with van der Waals surface area (Å²) >= 11 is 2.78. The number of nitrogens with zero attached hydrogens (tertiary/aromatic N) is 1. The number of rotatable bonds is 18. The number of hydroxylamine groups is 1. The summed E-state index contributed by atoms with van der Waals surface area (Å²) in [5.41, 5.74) is 9.86. The SMILES string of the molecule is CCC(O)C(OC)C(O)C(O)Oc1c(I)c(C)c(C(=O)SC2C(O)CC(ONC3C(C)OC(N)C(C4CC(OC)C(N(CC)C(C)=O)CO4)C3O)OC2C)c(OC)c1OC. The number of likely N-dealkylation sites (N-methyl/N-ethyl adjacent to an activating group) is 1. The molecule has 0 aromatic heterocycles. The zero-order valence-corrected chi connectivity index (χ0v) is 38.8. The average molecular weight is 990 g/mol. The summed E-state index contributed by atoms with van der Waals surface area (Å²) in [5, 5.41) is 53.7. The number of carbonyl (C=O) groups is 2. The van der Waals surface area contributed by atoms with E-state index in [1.165, 1.54) is 28.3 Å². The van der Waals surface area contributed by atoms with Gasteiger partial charge in [-0.3, -0.25) is 14.4 Å². The maximum Gasteiger partial charge on any atom is 0.226 e. The van der Waals surface area contributed by atoms with E-state index in [4.69, 9.17) is 48.5 Å². The van der Waals surface area contributed by atoms with E-state index in [0.717, 1.165) is 11.8 Å². The normalized spacial score (nSPS) is 33.0. The molecule has 3 saturated heterocycles. The molecule has 0 aliphatic carbocycles. The lowest BCUT2D eigenvalue weighted by Gasteiger charge is -2.49. The minimum atomic E-state index is -1.86. The Hall–Kier alpha value is -1.68. The van der Waals surface area contributed by atoms with Crippen molar-refractivity contribution in [2.24, 2.45) is 11.7 Å². The smallest absolute Gasteiger partial charge is 0.226 e. The third-order valence-corrected chi connectivity index (χ3v) is 14.3. The number of carbonyl (C=O) groups excluding carboxylic acids is 2. The zero-order chi connectivity index (χ0) is 44.7. The van der Waals surface area contributed by atoms with Gasteiger partial charge in [-0.05, 0) is 62.3 Å². The molecule has 16 unspecified atom stereocenters. The fourth-order valence-corrected chi connectivity index (χ4v) is 10.0. The molecule has 0 spiro atoms. The molecule has 3 aliphatic rings. The number of halogens is 1. The van der Waals surface area contributed by atoms with Gasteiger partial charge in [0.25, 0.3) is 0 Å². The highest BCUT2D eigenvalue weighted by molar-refractivity contribution is 14.1. The second-order valence-electron chi connectivity index (χ2n) is 15.2. The fraction of sp³-hybridized carbons (Fsp3) is 0.795. The maximum absolute atomic E-state index is 14.1. The van der Waals surface area contributed by atoms with Gasteiger partial charge < -0.3 is 74.1 Å². The number of aliphatic hydroxyl groups excluding tert-OH is 5. The van der Waals surface area contributed by atoms with Crippen molar-refractivity contribution in [1.82, 2.24) is 10.4 Å². The molecule has 0 bridgehead atoms. The molecule has 21 heteroatoms. The van der Waals surface area contributed by atoms with Crippen LogP contribution in [-0.4, -0.2) is 174 Å². The van der Waals surface area contributed by atoms with Crippen LogP contribution in [0.25, 0.3) is 0 Å². The predicted octanol–water partition coefficient (Wildman–Crippen LogP) is 0.810. The molecule has 0 saturated carbocycles.